The highest BCUT2D eigenvalue weighted by Crippen LogP contribution is 2.38. The molecule has 0 radical (unpaired) electrons. The fraction of sp³-hybridized carbons (Fsp3) is 0.278. The lowest BCUT2D eigenvalue weighted by Crippen LogP contribution is -2.35. The molecule has 0 spiro atoms. The van der Waals surface area contributed by atoms with Crippen molar-refractivity contribution in [1.82, 2.24) is 4.31 Å². The van der Waals surface area contributed by atoms with Crippen LogP contribution >= 0.6 is 11.8 Å². The average molecular weight is 450 g/mol. The van der Waals surface area contributed by atoms with E-state index in [-0.39, 0.29) is 10.6 Å². The van der Waals surface area contributed by atoms with Gasteiger partial charge in [0.05, 0.1) is 16.3 Å². The Balaban J connectivity index is 2.08. The van der Waals surface area contributed by atoms with Crippen LogP contribution < -0.4 is 5.32 Å². The molecule has 0 fully saturated rings. The molecule has 0 atom stereocenters. The Morgan fingerprint density at radius 3 is 2.31 bits per heavy atom. The van der Waals surface area contributed by atoms with E-state index in [1.165, 1.54) is 19.2 Å². The Kier molecular flexibility index (Phi) is 6.97. The molecule has 1 amide bonds. The highest BCUT2D eigenvalue weighted by Gasteiger charge is 2.30. The number of sulfonamides is 1. The third kappa shape index (κ3) is 6.18. The minimum absolute atomic E-state index is 0.0236. The van der Waals surface area contributed by atoms with E-state index in [2.05, 4.69) is 5.32 Å². The topological polar surface area (TPSA) is 66.5 Å². The largest absolute Gasteiger partial charge is 0.446 e. The average Bonchev–Trinajstić information content (AvgIpc) is 2.58. The minimum Gasteiger partial charge on any atom is -0.325 e. The quantitative estimate of drug-likeness (QED) is 0.526. The molecule has 1 N–H and O–H groups in total. The van der Waals surface area contributed by atoms with E-state index in [1.807, 2.05) is 6.92 Å². The Bertz CT molecular complexity index is 1020. The number of halogens is 4. The summed E-state index contributed by atoms with van der Waals surface area (Å²) in [5.41, 5.74) is -3.04. The maximum atomic E-state index is 13.8. The van der Waals surface area contributed by atoms with Crippen molar-refractivity contribution in [3.8, 4) is 0 Å². The number of alkyl halides is 3. The predicted octanol–water partition coefficient (Wildman–Crippen LogP) is 4.31. The third-order valence-corrected chi connectivity index (χ3v) is 6.58. The van der Waals surface area contributed by atoms with Gasteiger partial charge in [-0.15, -0.1) is 0 Å². The van der Waals surface area contributed by atoms with Gasteiger partial charge in [0.25, 0.3) is 0 Å². The first-order valence-corrected chi connectivity index (χ1v) is 10.4. The van der Waals surface area contributed by atoms with Gasteiger partial charge < -0.3 is 5.32 Å². The first-order valence-electron chi connectivity index (χ1n) is 8.18. The minimum atomic E-state index is -4.64. The molecule has 2 aromatic rings. The van der Waals surface area contributed by atoms with E-state index in [0.717, 1.165) is 33.6 Å². The van der Waals surface area contributed by atoms with Gasteiger partial charge in [-0.25, -0.2) is 12.8 Å². The molecule has 2 aromatic carbocycles. The van der Waals surface area contributed by atoms with Crippen LogP contribution in [-0.4, -0.2) is 37.7 Å². The summed E-state index contributed by atoms with van der Waals surface area (Å²) in [7, 11) is -2.71. The van der Waals surface area contributed by atoms with E-state index in [0.29, 0.717) is 0 Å². The van der Waals surface area contributed by atoms with Crippen molar-refractivity contribution in [3.63, 3.8) is 0 Å². The summed E-state index contributed by atoms with van der Waals surface area (Å²) >= 11 is -0.607. The van der Waals surface area contributed by atoms with Crippen LogP contribution in [0.3, 0.4) is 0 Å². The number of likely N-dealkylation sites (N-methyl/N-ethyl adjacent to an activating group) is 1. The molecule has 0 aliphatic heterocycles. The molecular formula is C18H18F4N2O3S2. The van der Waals surface area contributed by atoms with Crippen molar-refractivity contribution < 1.29 is 30.8 Å². The lowest BCUT2D eigenvalue weighted by Gasteiger charge is -2.18. The molecule has 11 heteroatoms. The van der Waals surface area contributed by atoms with E-state index in [1.54, 1.807) is 13.0 Å². The van der Waals surface area contributed by atoms with Gasteiger partial charge in [-0.3, -0.25) is 4.79 Å². The van der Waals surface area contributed by atoms with Gasteiger partial charge in [0, 0.05) is 12.7 Å². The van der Waals surface area contributed by atoms with Crippen LogP contribution in [0.1, 0.15) is 11.1 Å². The second-order valence-electron chi connectivity index (χ2n) is 6.25. The smallest absolute Gasteiger partial charge is 0.325 e. The number of thioether (sulfide) groups is 1. The van der Waals surface area contributed by atoms with Crippen LogP contribution in [0.5, 0.6) is 0 Å². The second kappa shape index (κ2) is 8.72. The molecule has 0 aliphatic rings. The van der Waals surface area contributed by atoms with Crippen molar-refractivity contribution in [2.75, 3.05) is 18.9 Å². The molecule has 0 saturated heterocycles. The van der Waals surface area contributed by atoms with Crippen LogP contribution in [0.2, 0.25) is 0 Å². The summed E-state index contributed by atoms with van der Waals surface area (Å²) in [5.74, 6) is -1.92. The van der Waals surface area contributed by atoms with Gasteiger partial charge >= 0.3 is 5.51 Å². The predicted molar refractivity (Wildman–Crippen MR) is 103 cm³/mol. The van der Waals surface area contributed by atoms with Crippen LogP contribution in [0.15, 0.2) is 46.2 Å². The molecule has 158 valence electrons. The lowest BCUT2D eigenvalue weighted by atomic mass is 10.1. The number of anilines is 1. The van der Waals surface area contributed by atoms with Gasteiger partial charge in [0.2, 0.25) is 15.9 Å². The van der Waals surface area contributed by atoms with E-state index >= 15 is 0 Å². The Morgan fingerprint density at radius 1 is 1.10 bits per heavy atom. The summed E-state index contributed by atoms with van der Waals surface area (Å²) in [4.78, 5) is 11.5. The van der Waals surface area contributed by atoms with Gasteiger partial charge in [-0.1, -0.05) is 6.07 Å². The van der Waals surface area contributed by atoms with Crippen LogP contribution in [0.4, 0.5) is 23.2 Å². The first kappa shape index (κ1) is 23.2. The number of carbonyl (C=O) groups is 1. The highest BCUT2D eigenvalue weighted by molar-refractivity contribution is 8.00. The van der Waals surface area contributed by atoms with Crippen molar-refractivity contribution in [3.05, 3.63) is 53.3 Å². The Labute approximate surface area is 170 Å². The van der Waals surface area contributed by atoms with Crippen molar-refractivity contribution >= 4 is 33.4 Å². The number of rotatable bonds is 6. The summed E-state index contributed by atoms with van der Waals surface area (Å²) in [6.45, 7) is 3.03. The number of nitrogens with zero attached hydrogens (tertiary/aromatic N) is 1. The molecule has 0 aromatic heterocycles. The monoisotopic (exact) mass is 450 g/mol. The second-order valence-corrected chi connectivity index (χ2v) is 9.40. The lowest BCUT2D eigenvalue weighted by molar-refractivity contribution is -0.116. The fourth-order valence-electron chi connectivity index (χ4n) is 2.33. The van der Waals surface area contributed by atoms with Crippen molar-refractivity contribution in [2.45, 2.75) is 29.1 Å². The Hall–Kier alpha value is -2.11. The van der Waals surface area contributed by atoms with Gasteiger partial charge in [-0.05, 0) is 67.1 Å². The van der Waals surface area contributed by atoms with E-state index < -0.39 is 50.5 Å². The molecular weight excluding hydrogens is 432 g/mol. The van der Waals surface area contributed by atoms with E-state index in [4.69, 9.17) is 0 Å². The number of carbonyl (C=O) groups excluding carboxylic acids is 1. The number of nitrogens with one attached hydrogen (secondary N) is 1. The zero-order valence-electron chi connectivity index (χ0n) is 15.7. The number of aryl methyl sites for hydroxylation is 2. The Morgan fingerprint density at radius 2 is 1.76 bits per heavy atom. The van der Waals surface area contributed by atoms with Gasteiger partial charge in [0.15, 0.2) is 0 Å². The molecule has 0 aliphatic carbocycles. The maximum absolute atomic E-state index is 13.8. The first-order chi connectivity index (χ1) is 13.3. The molecule has 0 saturated carbocycles. The molecule has 5 nitrogen and oxygen atoms in total. The summed E-state index contributed by atoms with van der Waals surface area (Å²) < 4.78 is 76.8. The van der Waals surface area contributed by atoms with Crippen LogP contribution in [0.25, 0.3) is 0 Å². The van der Waals surface area contributed by atoms with Crippen LogP contribution in [-0.2, 0) is 14.8 Å². The third-order valence-electron chi connectivity index (χ3n) is 3.99. The maximum Gasteiger partial charge on any atom is 0.446 e. The number of benzene rings is 2. The SMILES string of the molecule is Cc1ccc(S(=O)(=O)N(C)CC(=O)Nc2ccc(SC(F)(F)F)c(F)c2)cc1C. The molecule has 0 heterocycles. The molecule has 0 unspecified atom stereocenters. The number of hydrogen-bond acceptors (Lipinski definition) is 4. The fourth-order valence-corrected chi connectivity index (χ4v) is 4.08. The molecule has 0 bridgehead atoms. The van der Waals surface area contributed by atoms with Crippen LogP contribution in [0, 0.1) is 19.7 Å². The summed E-state index contributed by atoms with van der Waals surface area (Å²) in [5, 5.41) is 2.27. The molecule has 29 heavy (non-hydrogen) atoms. The number of amides is 1. The van der Waals surface area contributed by atoms with Gasteiger partial charge in [-0.2, -0.15) is 17.5 Å². The molecule has 2 rings (SSSR count). The zero-order valence-corrected chi connectivity index (χ0v) is 17.3. The van der Waals surface area contributed by atoms with Crippen molar-refractivity contribution in [1.29, 1.82) is 0 Å². The highest BCUT2D eigenvalue weighted by atomic mass is 32.2. The standard InChI is InChI=1S/C18H18F4N2O3S2/c1-11-4-6-14(8-12(11)2)29(26,27)24(3)10-17(25)23-13-5-7-16(15(19)9-13)28-18(20,21)22/h4-9H,10H2,1-3H3,(H,23,25). The van der Waals surface area contributed by atoms with Crippen molar-refractivity contribution in [2.24, 2.45) is 0 Å². The van der Waals surface area contributed by atoms with Gasteiger partial charge in [0.1, 0.15) is 5.82 Å². The summed E-state index contributed by atoms with van der Waals surface area (Å²) in [6, 6.07) is 7.30. The van der Waals surface area contributed by atoms with E-state index in [9.17, 15) is 30.8 Å². The number of hydrogen-bond donors (Lipinski definition) is 1. The summed E-state index contributed by atoms with van der Waals surface area (Å²) in [6.07, 6.45) is 0. The normalized spacial score (nSPS) is 12.3. The zero-order chi connectivity index (χ0) is 22.0.